The molecule has 0 bridgehead atoms. The molecule has 1 heterocycles. The largest absolute Gasteiger partial charge is 0.497 e. The van der Waals surface area contributed by atoms with Gasteiger partial charge in [0.15, 0.2) is 0 Å². The van der Waals surface area contributed by atoms with Gasteiger partial charge in [0, 0.05) is 35.5 Å². The highest BCUT2D eigenvalue weighted by Gasteiger charge is 2.09. The lowest BCUT2D eigenvalue weighted by molar-refractivity contribution is -0.112. The maximum atomic E-state index is 12.2. The van der Waals surface area contributed by atoms with Gasteiger partial charge in [-0.2, -0.15) is 5.26 Å². The molecule has 3 aromatic rings. The number of hydrogen-bond acceptors (Lipinski definition) is 4. The second-order valence-corrected chi connectivity index (χ2v) is 5.92. The molecule has 0 fully saturated rings. The average Bonchev–Trinajstić information content (AvgIpc) is 3.12. The summed E-state index contributed by atoms with van der Waals surface area (Å²) in [4.78, 5) is 15.5. The zero-order valence-corrected chi connectivity index (χ0v) is 15.0. The molecule has 3 N–H and O–H groups in total. The van der Waals surface area contributed by atoms with E-state index in [-0.39, 0.29) is 5.57 Å². The Morgan fingerprint density at radius 1 is 1.22 bits per heavy atom. The lowest BCUT2D eigenvalue weighted by atomic mass is 10.1. The third-order valence-electron chi connectivity index (χ3n) is 4.17. The first-order valence-electron chi connectivity index (χ1n) is 8.55. The van der Waals surface area contributed by atoms with Crippen LogP contribution in [0.3, 0.4) is 0 Å². The third kappa shape index (κ3) is 4.47. The van der Waals surface area contributed by atoms with Crippen LogP contribution in [0.2, 0.25) is 0 Å². The van der Waals surface area contributed by atoms with Crippen LogP contribution in [0.25, 0.3) is 10.9 Å². The number of nitriles is 1. The highest BCUT2D eigenvalue weighted by atomic mass is 16.5. The molecule has 0 spiro atoms. The number of H-pyrrole nitrogens is 1. The van der Waals surface area contributed by atoms with Crippen LogP contribution in [0, 0.1) is 11.3 Å². The highest BCUT2D eigenvalue weighted by Crippen LogP contribution is 2.18. The van der Waals surface area contributed by atoms with Gasteiger partial charge in [0.05, 0.1) is 7.11 Å². The predicted molar refractivity (Wildman–Crippen MR) is 105 cm³/mol. The van der Waals surface area contributed by atoms with Crippen LogP contribution < -0.4 is 15.4 Å². The minimum absolute atomic E-state index is 0.0183. The smallest absolute Gasteiger partial charge is 0.267 e. The summed E-state index contributed by atoms with van der Waals surface area (Å²) in [6, 6.07) is 16.9. The number of ether oxygens (including phenoxy) is 1. The first kappa shape index (κ1) is 18.1. The van der Waals surface area contributed by atoms with Gasteiger partial charge in [-0.15, -0.1) is 0 Å². The van der Waals surface area contributed by atoms with Gasteiger partial charge < -0.3 is 20.4 Å². The number of hydrogen-bond donors (Lipinski definition) is 3. The number of para-hydroxylation sites is 1. The van der Waals surface area contributed by atoms with Crippen LogP contribution in [-0.4, -0.2) is 24.5 Å². The summed E-state index contributed by atoms with van der Waals surface area (Å²) in [5.74, 6) is 0.241. The van der Waals surface area contributed by atoms with Crippen LogP contribution in [-0.2, 0) is 11.2 Å². The Kier molecular flexibility index (Phi) is 5.75. The van der Waals surface area contributed by atoms with Gasteiger partial charge in [-0.1, -0.05) is 18.2 Å². The second-order valence-electron chi connectivity index (χ2n) is 5.92. The van der Waals surface area contributed by atoms with Crippen molar-refractivity contribution in [3.63, 3.8) is 0 Å². The van der Waals surface area contributed by atoms with Crippen LogP contribution >= 0.6 is 0 Å². The molecule has 0 radical (unpaired) electrons. The lowest BCUT2D eigenvalue weighted by Crippen LogP contribution is -2.17. The van der Waals surface area contributed by atoms with Crippen molar-refractivity contribution in [3.05, 3.63) is 72.1 Å². The van der Waals surface area contributed by atoms with Crippen molar-refractivity contribution in [1.82, 2.24) is 10.3 Å². The molecule has 1 aromatic heterocycles. The molecule has 136 valence electrons. The zero-order chi connectivity index (χ0) is 19.1. The van der Waals surface area contributed by atoms with E-state index in [1.54, 1.807) is 31.4 Å². The standard InChI is InChI=1S/C21H20N4O2/c1-27-18-8-6-17(7-9-18)25-21(26)16(12-22)13-23-11-10-15-14-24-20-5-3-2-4-19(15)20/h2-9,13-14,23-24H,10-11H2,1H3,(H,25,26)/b16-13-. The molecular formula is C21H20N4O2. The number of benzene rings is 2. The Bertz CT molecular complexity index is 997. The summed E-state index contributed by atoms with van der Waals surface area (Å²) in [6.07, 6.45) is 4.21. The molecule has 0 saturated heterocycles. The lowest BCUT2D eigenvalue weighted by Gasteiger charge is -2.06. The number of amides is 1. The molecule has 0 aliphatic carbocycles. The van der Waals surface area contributed by atoms with E-state index in [1.807, 2.05) is 30.5 Å². The molecule has 0 atom stereocenters. The quantitative estimate of drug-likeness (QED) is 0.342. The van der Waals surface area contributed by atoms with E-state index in [4.69, 9.17) is 4.74 Å². The Hall–Kier alpha value is -3.72. The molecule has 0 saturated carbocycles. The van der Waals surface area contributed by atoms with Gasteiger partial charge in [0.25, 0.3) is 5.91 Å². The normalized spacial score (nSPS) is 11.0. The molecule has 0 aliphatic heterocycles. The molecule has 3 rings (SSSR count). The van der Waals surface area contributed by atoms with Crippen LogP contribution in [0.15, 0.2) is 66.5 Å². The Morgan fingerprint density at radius 3 is 2.74 bits per heavy atom. The average molecular weight is 360 g/mol. The monoisotopic (exact) mass is 360 g/mol. The van der Waals surface area contributed by atoms with E-state index >= 15 is 0 Å². The fourth-order valence-electron chi connectivity index (χ4n) is 2.74. The van der Waals surface area contributed by atoms with Crippen molar-refractivity contribution in [2.45, 2.75) is 6.42 Å². The molecule has 27 heavy (non-hydrogen) atoms. The first-order chi connectivity index (χ1) is 13.2. The van der Waals surface area contributed by atoms with Crippen molar-refractivity contribution >= 4 is 22.5 Å². The number of anilines is 1. The van der Waals surface area contributed by atoms with Crippen molar-refractivity contribution in [2.24, 2.45) is 0 Å². The van der Waals surface area contributed by atoms with Crippen molar-refractivity contribution < 1.29 is 9.53 Å². The molecule has 2 aromatic carbocycles. The van der Waals surface area contributed by atoms with E-state index < -0.39 is 5.91 Å². The fraction of sp³-hybridized carbons (Fsp3) is 0.143. The fourth-order valence-corrected chi connectivity index (χ4v) is 2.74. The molecule has 6 nitrogen and oxygen atoms in total. The van der Waals surface area contributed by atoms with Gasteiger partial charge in [-0.25, -0.2) is 0 Å². The van der Waals surface area contributed by atoms with Crippen molar-refractivity contribution in [1.29, 1.82) is 5.26 Å². The predicted octanol–water partition coefficient (Wildman–Crippen LogP) is 3.35. The number of methoxy groups -OCH3 is 1. The Labute approximate surface area is 157 Å². The van der Waals surface area contributed by atoms with E-state index in [9.17, 15) is 10.1 Å². The summed E-state index contributed by atoms with van der Waals surface area (Å²) in [5.41, 5.74) is 2.90. The summed E-state index contributed by atoms with van der Waals surface area (Å²) in [7, 11) is 1.58. The number of aromatic nitrogens is 1. The molecule has 6 heteroatoms. The third-order valence-corrected chi connectivity index (χ3v) is 4.17. The number of nitrogens with one attached hydrogen (secondary N) is 3. The topological polar surface area (TPSA) is 89.9 Å². The van der Waals surface area contributed by atoms with Gasteiger partial charge >= 0.3 is 0 Å². The van der Waals surface area contributed by atoms with Crippen LogP contribution in [0.5, 0.6) is 5.75 Å². The van der Waals surface area contributed by atoms with Gasteiger partial charge in [-0.3, -0.25) is 4.79 Å². The van der Waals surface area contributed by atoms with E-state index in [0.717, 1.165) is 11.9 Å². The van der Waals surface area contributed by atoms with Gasteiger partial charge in [-0.05, 0) is 42.3 Å². The first-order valence-corrected chi connectivity index (χ1v) is 8.55. The minimum Gasteiger partial charge on any atom is -0.497 e. The number of carbonyl (C=O) groups is 1. The van der Waals surface area contributed by atoms with E-state index in [1.165, 1.54) is 17.1 Å². The SMILES string of the molecule is COc1ccc(NC(=O)/C(C#N)=C\NCCc2c[nH]c3ccccc23)cc1. The van der Waals surface area contributed by atoms with Crippen LogP contribution in [0.4, 0.5) is 5.69 Å². The maximum Gasteiger partial charge on any atom is 0.267 e. The van der Waals surface area contributed by atoms with E-state index in [0.29, 0.717) is 18.0 Å². The summed E-state index contributed by atoms with van der Waals surface area (Å²) in [5, 5.41) is 16.2. The Balaban J connectivity index is 1.55. The number of fused-ring (bicyclic) bond motifs is 1. The second kappa shape index (κ2) is 8.59. The number of nitrogens with zero attached hydrogens (tertiary/aromatic N) is 1. The minimum atomic E-state index is -0.456. The summed E-state index contributed by atoms with van der Waals surface area (Å²) in [6.45, 7) is 0.614. The summed E-state index contributed by atoms with van der Waals surface area (Å²) >= 11 is 0. The molecule has 0 aliphatic rings. The molecule has 1 amide bonds. The number of rotatable bonds is 7. The van der Waals surface area contributed by atoms with Crippen molar-refractivity contribution in [2.75, 3.05) is 19.0 Å². The van der Waals surface area contributed by atoms with Crippen molar-refractivity contribution in [3.8, 4) is 11.8 Å². The van der Waals surface area contributed by atoms with E-state index in [2.05, 4.69) is 21.7 Å². The summed E-state index contributed by atoms with van der Waals surface area (Å²) < 4.78 is 5.08. The Morgan fingerprint density at radius 2 is 2.00 bits per heavy atom. The zero-order valence-electron chi connectivity index (χ0n) is 15.0. The molecule has 0 unspecified atom stereocenters. The number of carbonyl (C=O) groups excluding carboxylic acids is 1. The van der Waals surface area contributed by atoms with Crippen LogP contribution in [0.1, 0.15) is 5.56 Å². The van der Waals surface area contributed by atoms with Gasteiger partial charge in [0.1, 0.15) is 17.4 Å². The molecular weight excluding hydrogens is 340 g/mol. The number of aromatic amines is 1. The van der Waals surface area contributed by atoms with Gasteiger partial charge in [0.2, 0.25) is 0 Å². The maximum absolute atomic E-state index is 12.2. The highest BCUT2D eigenvalue weighted by molar-refractivity contribution is 6.06.